The van der Waals surface area contributed by atoms with Gasteiger partial charge in [0.2, 0.25) is 0 Å². The highest BCUT2D eigenvalue weighted by atomic mass is 19.4. The fourth-order valence-electron chi connectivity index (χ4n) is 1.46. The largest absolute Gasteiger partial charge is 0.482 e. The number of hydrogen-bond acceptors (Lipinski definition) is 2. The first-order chi connectivity index (χ1) is 7.87. The lowest BCUT2D eigenvalue weighted by atomic mass is 9.79. The summed E-state index contributed by atoms with van der Waals surface area (Å²) in [7, 11) is 0. The van der Waals surface area contributed by atoms with Gasteiger partial charge < -0.3 is 12.9 Å². The van der Waals surface area contributed by atoms with Crippen LogP contribution in [0.3, 0.4) is 0 Å². The molecule has 0 N–H and O–H groups in total. The highest BCUT2D eigenvalue weighted by Gasteiger charge is 2.24. The maximum atomic E-state index is 12.3. The molecule has 90 valence electrons. The molecule has 0 amide bonds. The van der Waals surface area contributed by atoms with E-state index < -0.39 is 13.3 Å². The van der Waals surface area contributed by atoms with Crippen molar-refractivity contribution in [3.05, 3.63) is 39.3 Å². The second-order valence-electron chi connectivity index (χ2n) is 3.55. The van der Waals surface area contributed by atoms with Crippen molar-refractivity contribution in [2.75, 3.05) is 0 Å². The van der Waals surface area contributed by atoms with Gasteiger partial charge in [-0.05, 0) is 24.1 Å². The van der Waals surface area contributed by atoms with Crippen LogP contribution in [0, 0.1) is 6.92 Å². The smallest absolute Gasteiger partial charge is 0.449 e. The van der Waals surface area contributed by atoms with E-state index in [9.17, 15) is 17.7 Å². The molecule has 0 atom stereocenters. The number of halogens is 3. The molecule has 0 fully saturated rings. The van der Waals surface area contributed by atoms with E-state index >= 15 is 0 Å². The summed E-state index contributed by atoms with van der Waals surface area (Å²) in [5.74, 6) is 0. The number of benzene rings is 1. The van der Waals surface area contributed by atoms with Crippen LogP contribution < -0.4 is 0 Å². The Labute approximate surface area is 95.1 Å². The van der Waals surface area contributed by atoms with Crippen LogP contribution in [0.1, 0.15) is 21.5 Å². The van der Waals surface area contributed by atoms with Gasteiger partial charge in [-0.25, -0.2) is 0 Å². The molecular weight excluding hydrogens is 234 g/mol. The van der Waals surface area contributed by atoms with Gasteiger partial charge in [-0.2, -0.15) is 0 Å². The van der Waals surface area contributed by atoms with Gasteiger partial charge in [0.15, 0.2) is 0 Å². The van der Waals surface area contributed by atoms with E-state index in [1.54, 1.807) is 0 Å². The maximum absolute atomic E-state index is 12.3. The van der Waals surface area contributed by atoms with Gasteiger partial charge in [0.05, 0.1) is 0 Å². The van der Waals surface area contributed by atoms with Crippen LogP contribution in [-0.2, 0) is 6.32 Å². The van der Waals surface area contributed by atoms with Crippen LogP contribution in [0.15, 0.2) is 17.2 Å². The number of hydrogen-bond donors (Lipinski definition) is 0. The Morgan fingerprint density at radius 1 is 1.47 bits per heavy atom. The van der Waals surface area contributed by atoms with Crippen molar-refractivity contribution >= 4 is 19.0 Å². The lowest BCUT2D eigenvalue weighted by molar-refractivity contribution is 0.112. The third-order valence-electron chi connectivity index (χ3n) is 2.25. The monoisotopic (exact) mass is 242 g/mol. The van der Waals surface area contributed by atoms with Crippen LogP contribution in [0.2, 0.25) is 0 Å². The molecule has 0 unspecified atom stereocenters. The van der Waals surface area contributed by atoms with Gasteiger partial charge in [0.25, 0.3) is 0 Å². The lowest BCUT2D eigenvalue weighted by Crippen LogP contribution is -2.20. The number of nitrogens with zero attached hydrogens (tertiary/aromatic N) is 3. The SMILES string of the molecule is Cc1c(C[B-](F)(F)F)cc(C=O)cc1N=[N+]=[N-]. The summed E-state index contributed by atoms with van der Waals surface area (Å²) < 4.78 is 37.0. The summed E-state index contributed by atoms with van der Waals surface area (Å²) in [6.07, 6.45) is -0.676. The predicted molar refractivity (Wildman–Crippen MR) is 58.2 cm³/mol. The van der Waals surface area contributed by atoms with Crippen molar-refractivity contribution in [1.82, 2.24) is 0 Å². The van der Waals surface area contributed by atoms with Crippen LogP contribution in [0.25, 0.3) is 10.4 Å². The Bertz CT molecular complexity index is 495. The third kappa shape index (κ3) is 3.53. The van der Waals surface area contributed by atoms with E-state index in [1.807, 2.05) is 0 Å². The van der Waals surface area contributed by atoms with E-state index in [2.05, 4.69) is 10.0 Å². The molecule has 0 heterocycles. The zero-order valence-electron chi connectivity index (χ0n) is 8.90. The van der Waals surface area contributed by atoms with Crippen LogP contribution in [0.5, 0.6) is 0 Å². The number of carbonyl (C=O) groups is 1. The highest BCUT2D eigenvalue weighted by molar-refractivity contribution is 6.57. The molecule has 0 saturated carbocycles. The fraction of sp³-hybridized carbons (Fsp3) is 0.222. The molecule has 1 rings (SSSR count). The fourth-order valence-corrected chi connectivity index (χ4v) is 1.46. The molecule has 8 heteroatoms. The molecule has 0 aliphatic carbocycles. The van der Waals surface area contributed by atoms with E-state index in [1.165, 1.54) is 13.0 Å². The van der Waals surface area contributed by atoms with Gasteiger partial charge >= 0.3 is 6.98 Å². The molecule has 4 nitrogen and oxygen atoms in total. The molecule has 0 aromatic heterocycles. The van der Waals surface area contributed by atoms with Gasteiger partial charge in [0.1, 0.15) is 6.29 Å². The molecule has 17 heavy (non-hydrogen) atoms. The van der Waals surface area contributed by atoms with Crippen molar-refractivity contribution < 1.29 is 17.7 Å². The van der Waals surface area contributed by atoms with Crippen molar-refractivity contribution in [2.45, 2.75) is 13.2 Å². The van der Waals surface area contributed by atoms with E-state index in [-0.39, 0.29) is 22.4 Å². The summed E-state index contributed by atoms with van der Waals surface area (Å²) in [6, 6.07) is 2.42. The Morgan fingerprint density at radius 3 is 2.59 bits per heavy atom. The molecular formula is C9H8BF3N3O-. The first-order valence-electron chi connectivity index (χ1n) is 4.72. The van der Waals surface area contributed by atoms with Crippen molar-refractivity contribution in [3.8, 4) is 0 Å². The molecule has 0 bridgehead atoms. The molecule has 1 aromatic carbocycles. The average Bonchev–Trinajstić information content (AvgIpc) is 2.22. The molecule has 0 radical (unpaired) electrons. The minimum Gasteiger partial charge on any atom is -0.449 e. The van der Waals surface area contributed by atoms with Gasteiger partial charge in [0, 0.05) is 16.2 Å². The first-order valence-corrected chi connectivity index (χ1v) is 4.72. The minimum absolute atomic E-state index is 0.0375. The maximum Gasteiger partial charge on any atom is 0.482 e. The molecule has 0 aliphatic rings. The summed E-state index contributed by atoms with van der Waals surface area (Å²) in [5.41, 5.74) is 8.60. The first kappa shape index (κ1) is 13.1. The Morgan fingerprint density at radius 2 is 2.12 bits per heavy atom. The number of carbonyl (C=O) groups excluding carboxylic acids is 1. The zero-order chi connectivity index (χ0) is 13.1. The van der Waals surface area contributed by atoms with Crippen molar-refractivity contribution in [3.63, 3.8) is 0 Å². The van der Waals surface area contributed by atoms with Crippen molar-refractivity contribution in [1.29, 1.82) is 0 Å². The Kier molecular flexibility index (Phi) is 3.80. The van der Waals surface area contributed by atoms with Gasteiger partial charge in [-0.15, -0.1) is 0 Å². The summed E-state index contributed by atoms with van der Waals surface area (Å²) in [6.45, 7) is -3.57. The lowest BCUT2D eigenvalue weighted by Gasteiger charge is -2.17. The third-order valence-corrected chi connectivity index (χ3v) is 2.25. The molecule has 1 aromatic rings. The molecule has 0 saturated heterocycles. The topological polar surface area (TPSA) is 65.8 Å². The number of rotatable bonds is 4. The second kappa shape index (κ2) is 4.92. The standard InChI is InChI=1S/C9H8BF3N3O/c1-6-8(4-10(11,12)13)2-7(5-17)3-9(6)15-16-14/h2-3,5H,4H2,1H3/q-1. The average molecular weight is 242 g/mol. The summed E-state index contributed by atoms with van der Waals surface area (Å²) in [4.78, 5) is 13.1. The second-order valence-corrected chi connectivity index (χ2v) is 3.55. The minimum atomic E-state index is -5.00. The Hall–Kier alpha value is -1.95. The predicted octanol–water partition coefficient (Wildman–Crippen LogP) is 3.68. The Balaban J connectivity index is 3.33. The van der Waals surface area contributed by atoms with Gasteiger partial charge in [-0.1, -0.05) is 23.1 Å². The number of aldehydes is 1. The van der Waals surface area contributed by atoms with Crippen molar-refractivity contribution in [2.24, 2.45) is 5.11 Å². The normalized spacial score (nSPS) is 10.8. The molecule has 0 aliphatic heterocycles. The van der Waals surface area contributed by atoms with Gasteiger partial charge in [-0.3, -0.25) is 4.79 Å². The van der Waals surface area contributed by atoms with E-state index in [0.29, 0.717) is 6.29 Å². The number of azide groups is 1. The zero-order valence-corrected chi connectivity index (χ0v) is 8.90. The highest BCUT2D eigenvalue weighted by Crippen LogP contribution is 2.27. The van der Waals surface area contributed by atoms with Crippen LogP contribution in [-0.4, -0.2) is 13.3 Å². The summed E-state index contributed by atoms with van der Waals surface area (Å²) in [5, 5.41) is 3.27. The van der Waals surface area contributed by atoms with Crippen LogP contribution in [0.4, 0.5) is 18.6 Å². The van der Waals surface area contributed by atoms with E-state index in [0.717, 1.165) is 6.07 Å². The van der Waals surface area contributed by atoms with Crippen LogP contribution >= 0.6 is 0 Å². The van der Waals surface area contributed by atoms with E-state index in [4.69, 9.17) is 5.53 Å². The molecule has 0 spiro atoms. The quantitative estimate of drug-likeness (QED) is 0.261. The summed E-state index contributed by atoms with van der Waals surface area (Å²) >= 11 is 0.